The fourth-order valence-corrected chi connectivity index (χ4v) is 7.06. The average Bonchev–Trinajstić information content (AvgIpc) is 3.57. The second-order valence-electron chi connectivity index (χ2n) is 11.4. The Labute approximate surface area is 250 Å². The first-order valence-electron chi connectivity index (χ1n) is 14.7. The Hall–Kier alpha value is -5.49. The lowest BCUT2D eigenvalue weighted by Gasteiger charge is -2.33. The van der Waals surface area contributed by atoms with E-state index in [4.69, 9.17) is 4.74 Å². The highest BCUT2D eigenvalue weighted by atomic mass is 16.5. The maximum absolute atomic E-state index is 6.63. The zero-order valence-corrected chi connectivity index (χ0v) is 23.7. The number of fused-ring (bicyclic) bond motifs is 5. The van der Waals surface area contributed by atoms with Crippen molar-refractivity contribution in [2.75, 3.05) is 23.5 Å². The molecule has 0 unspecified atom stereocenters. The topological polar surface area (TPSA) is 33.5 Å². The molecule has 204 valence electrons. The Balaban J connectivity index is 1.17. The van der Waals surface area contributed by atoms with Gasteiger partial charge in [-0.25, -0.2) is 4.98 Å². The molecule has 2 aliphatic rings. The van der Waals surface area contributed by atoms with E-state index in [9.17, 15) is 0 Å². The van der Waals surface area contributed by atoms with Crippen molar-refractivity contribution in [2.45, 2.75) is 0 Å². The molecule has 0 radical (unpaired) electrons. The van der Waals surface area contributed by atoms with Crippen LogP contribution in [0.1, 0.15) is 0 Å². The summed E-state index contributed by atoms with van der Waals surface area (Å²) >= 11 is 0. The Morgan fingerprint density at radius 1 is 0.651 bits per heavy atom. The largest absolute Gasteiger partial charge is 0.457 e. The number of hydrogen-bond donors (Lipinski definition) is 0. The molecule has 0 fully saturated rings. The number of nitrogens with zero attached hydrogens (tertiary/aromatic N) is 4. The van der Waals surface area contributed by atoms with E-state index < -0.39 is 0 Å². The summed E-state index contributed by atoms with van der Waals surface area (Å²) in [4.78, 5) is 9.44. The molecule has 4 heterocycles. The van der Waals surface area contributed by atoms with E-state index >= 15 is 0 Å². The normalized spacial score (nSPS) is 13.5. The van der Waals surface area contributed by atoms with E-state index in [0.717, 1.165) is 35.0 Å². The van der Waals surface area contributed by atoms with E-state index in [-0.39, 0.29) is 6.71 Å². The molecule has 2 aliphatic heterocycles. The van der Waals surface area contributed by atoms with Crippen LogP contribution < -0.4 is 30.9 Å². The number of rotatable bonds is 4. The van der Waals surface area contributed by atoms with Gasteiger partial charge in [0.2, 0.25) is 6.71 Å². The molecule has 0 spiro atoms. The molecular weight excluding hydrogens is 527 g/mol. The minimum atomic E-state index is 0.161. The molecule has 7 aromatic rings. The lowest BCUT2D eigenvalue weighted by atomic mass is 9.35. The van der Waals surface area contributed by atoms with Gasteiger partial charge in [-0.15, -0.1) is 0 Å². The molecule has 0 saturated carbocycles. The summed E-state index contributed by atoms with van der Waals surface area (Å²) in [7, 11) is 2.17. The molecule has 0 bridgehead atoms. The lowest BCUT2D eigenvalue weighted by Crippen LogP contribution is -2.57. The van der Waals surface area contributed by atoms with Crippen molar-refractivity contribution >= 4 is 62.0 Å². The summed E-state index contributed by atoms with van der Waals surface area (Å²) in [5.41, 5.74) is 9.90. The number of hydrogen-bond acceptors (Lipinski definition) is 4. The van der Waals surface area contributed by atoms with Crippen LogP contribution in [0.5, 0.6) is 11.5 Å². The number of benzene rings is 5. The third-order valence-corrected chi connectivity index (χ3v) is 8.89. The molecule has 0 atom stereocenters. The monoisotopic (exact) mass is 554 g/mol. The van der Waals surface area contributed by atoms with Crippen LogP contribution in [-0.4, -0.2) is 30.0 Å². The summed E-state index contributed by atoms with van der Waals surface area (Å²) in [6, 6.07) is 45.0. The zero-order chi connectivity index (χ0) is 28.5. The second kappa shape index (κ2) is 9.26. The van der Waals surface area contributed by atoms with Gasteiger partial charge in [-0.05, 0) is 53.4 Å². The van der Waals surface area contributed by atoms with E-state index in [1.165, 1.54) is 44.2 Å². The minimum Gasteiger partial charge on any atom is -0.457 e. The van der Waals surface area contributed by atoms with Crippen molar-refractivity contribution in [3.05, 3.63) is 134 Å². The fourth-order valence-electron chi connectivity index (χ4n) is 7.06. The number of para-hydroxylation sites is 2. The van der Waals surface area contributed by atoms with Gasteiger partial charge in [-0.3, -0.25) is 4.57 Å². The third-order valence-electron chi connectivity index (χ3n) is 8.89. The van der Waals surface area contributed by atoms with Crippen LogP contribution in [0.3, 0.4) is 0 Å². The Morgan fingerprint density at radius 3 is 2.33 bits per heavy atom. The quantitative estimate of drug-likeness (QED) is 0.238. The van der Waals surface area contributed by atoms with Crippen molar-refractivity contribution < 1.29 is 4.74 Å². The van der Waals surface area contributed by atoms with E-state index in [1.807, 2.05) is 24.4 Å². The van der Waals surface area contributed by atoms with Gasteiger partial charge in [0.25, 0.3) is 0 Å². The molecule has 6 heteroatoms. The van der Waals surface area contributed by atoms with Gasteiger partial charge in [0.05, 0.1) is 29.1 Å². The van der Waals surface area contributed by atoms with E-state index in [0.29, 0.717) is 0 Å². The van der Waals surface area contributed by atoms with Crippen LogP contribution in [0, 0.1) is 0 Å². The first-order valence-corrected chi connectivity index (χ1v) is 14.7. The zero-order valence-electron chi connectivity index (χ0n) is 23.7. The molecule has 0 N–H and O–H groups in total. The lowest BCUT2D eigenvalue weighted by molar-refractivity contribution is 0.483. The van der Waals surface area contributed by atoms with Gasteiger partial charge < -0.3 is 14.5 Å². The van der Waals surface area contributed by atoms with Crippen LogP contribution in [0.15, 0.2) is 134 Å². The smallest absolute Gasteiger partial charge is 0.246 e. The summed E-state index contributed by atoms with van der Waals surface area (Å²) in [6.07, 6.45) is 1.84. The summed E-state index contributed by atoms with van der Waals surface area (Å²) < 4.78 is 8.85. The molecule has 43 heavy (non-hydrogen) atoms. The van der Waals surface area contributed by atoms with Crippen LogP contribution in [-0.2, 0) is 0 Å². The first-order chi connectivity index (χ1) is 21.2. The molecule has 0 amide bonds. The highest BCUT2D eigenvalue weighted by molar-refractivity contribution is 6.98. The van der Waals surface area contributed by atoms with Gasteiger partial charge >= 0.3 is 0 Å². The second-order valence-corrected chi connectivity index (χ2v) is 11.4. The SMILES string of the molecule is CN1CN2c3cc(Oc4ccc5c6ccccc6n(-c6ccccn6)c5c4)ccc3B(c3ccccc3)c3cccc1c32. The van der Waals surface area contributed by atoms with Crippen molar-refractivity contribution in [3.63, 3.8) is 0 Å². The molecule has 5 aromatic carbocycles. The van der Waals surface area contributed by atoms with E-state index in [2.05, 4.69) is 136 Å². The highest BCUT2D eigenvalue weighted by Crippen LogP contribution is 2.42. The van der Waals surface area contributed by atoms with Gasteiger partial charge in [-0.2, -0.15) is 0 Å². The molecular formula is C37H27BN4O. The van der Waals surface area contributed by atoms with Gasteiger partial charge in [-0.1, -0.05) is 78.3 Å². The Morgan fingerprint density at radius 2 is 1.44 bits per heavy atom. The summed E-state index contributed by atoms with van der Waals surface area (Å²) in [5.74, 6) is 2.50. The molecule has 0 aliphatic carbocycles. The highest BCUT2D eigenvalue weighted by Gasteiger charge is 2.39. The molecule has 9 rings (SSSR count). The predicted molar refractivity (Wildman–Crippen MR) is 178 cm³/mol. The fraction of sp³-hybridized carbons (Fsp3) is 0.0541. The van der Waals surface area contributed by atoms with Crippen LogP contribution >= 0.6 is 0 Å². The van der Waals surface area contributed by atoms with E-state index in [1.54, 1.807) is 0 Å². The Kier molecular flexibility index (Phi) is 5.20. The molecule has 2 aromatic heterocycles. The van der Waals surface area contributed by atoms with Gasteiger partial charge in [0, 0.05) is 41.8 Å². The third kappa shape index (κ3) is 3.63. The first kappa shape index (κ1) is 24.1. The van der Waals surface area contributed by atoms with Crippen molar-refractivity contribution in [1.82, 2.24) is 9.55 Å². The number of pyridine rings is 1. The average molecular weight is 554 g/mol. The van der Waals surface area contributed by atoms with Gasteiger partial charge in [0.1, 0.15) is 17.3 Å². The predicted octanol–water partition coefficient (Wildman–Crippen LogP) is 6.35. The maximum atomic E-state index is 6.63. The number of ether oxygens (including phenoxy) is 1. The van der Waals surface area contributed by atoms with Crippen LogP contribution in [0.4, 0.5) is 17.1 Å². The number of anilines is 3. The van der Waals surface area contributed by atoms with Crippen LogP contribution in [0.2, 0.25) is 0 Å². The van der Waals surface area contributed by atoms with Crippen molar-refractivity contribution in [2.24, 2.45) is 0 Å². The number of aromatic nitrogens is 2. The maximum Gasteiger partial charge on any atom is 0.246 e. The van der Waals surface area contributed by atoms with Crippen molar-refractivity contribution in [3.8, 4) is 17.3 Å². The standard InChI is InChI=1S/C37H27BN4O/c1-40-24-41-35-23-27(18-20-30(35)38(25-10-3-2-4-11-25)31-13-9-15-33(40)37(31)41)43-26-17-19-29-28-12-5-6-14-32(28)42(34(29)22-26)36-16-7-8-21-39-36/h2-23H,24H2,1H3. The molecule has 5 nitrogen and oxygen atoms in total. The van der Waals surface area contributed by atoms with Gasteiger partial charge in [0.15, 0.2) is 0 Å². The summed E-state index contributed by atoms with van der Waals surface area (Å²) in [6.45, 7) is 0.967. The Bertz CT molecular complexity index is 2180. The van der Waals surface area contributed by atoms with Crippen molar-refractivity contribution in [1.29, 1.82) is 0 Å². The molecule has 0 saturated heterocycles. The summed E-state index contributed by atoms with van der Waals surface area (Å²) in [5, 5.41) is 2.37. The van der Waals surface area contributed by atoms with Crippen LogP contribution in [0.25, 0.3) is 27.6 Å². The minimum absolute atomic E-state index is 0.161.